The lowest BCUT2D eigenvalue weighted by Crippen LogP contribution is -2.40. The minimum Gasteiger partial charge on any atom is -0.378 e. The molecule has 9 nitrogen and oxygen atoms in total. The number of anilines is 4. The van der Waals surface area contributed by atoms with E-state index in [1.807, 2.05) is 31.2 Å². The first-order chi connectivity index (χ1) is 14.5. The second-order valence-electron chi connectivity index (χ2n) is 7.42. The van der Waals surface area contributed by atoms with Crippen molar-refractivity contribution in [2.45, 2.75) is 31.4 Å². The fourth-order valence-corrected chi connectivity index (χ4v) is 3.85. The van der Waals surface area contributed by atoms with Crippen LogP contribution >= 0.6 is 0 Å². The summed E-state index contributed by atoms with van der Waals surface area (Å²) in [4.78, 5) is 25.0. The number of aromatic nitrogens is 2. The molecule has 4 rings (SSSR count). The molecule has 0 unspecified atom stereocenters. The van der Waals surface area contributed by atoms with E-state index in [0.29, 0.717) is 18.2 Å². The zero-order chi connectivity index (χ0) is 21.1. The molecule has 1 amide bonds. The number of carbonyl (C=O) groups excluding carboxylic acids is 1. The number of nitriles is 1. The number of morpholine rings is 1. The molecule has 0 bridgehead atoms. The molecule has 3 heterocycles. The monoisotopic (exact) mass is 408 g/mol. The first-order valence-corrected chi connectivity index (χ1v) is 10.0. The van der Waals surface area contributed by atoms with Crippen molar-refractivity contribution in [1.29, 1.82) is 5.26 Å². The number of hydrogen-bond acceptors (Lipinski definition) is 8. The number of aliphatic hydroxyl groups is 1. The molecule has 2 aliphatic rings. The fourth-order valence-electron chi connectivity index (χ4n) is 3.85. The van der Waals surface area contributed by atoms with Crippen LogP contribution in [0.4, 0.5) is 23.1 Å². The maximum Gasteiger partial charge on any atom is 0.275 e. The molecule has 2 atom stereocenters. The zero-order valence-electron chi connectivity index (χ0n) is 16.8. The first kappa shape index (κ1) is 20.1. The average molecular weight is 408 g/mol. The average Bonchev–Trinajstić information content (AvgIpc) is 3.06. The van der Waals surface area contributed by atoms with Gasteiger partial charge in [0.05, 0.1) is 13.2 Å². The molecular formula is C21H24N6O3. The van der Waals surface area contributed by atoms with Gasteiger partial charge < -0.3 is 20.1 Å². The van der Waals surface area contributed by atoms with E-state index >= 15 is 0 Å². The maximum atomic E-state index is 12.6. The predicted molar refractivity (Wildman–Crippen MR) is 112 cm³/mol. The molecule has 2 fully saturated rings. The second kappa shape index (κ2) is 8.26. The third-order valence-corrected chi connectivity index (χ3v) is 5.51. The van der Waals surface area contributed by atoms with Gasteiger partial charge in [0.25, 0.3) is 5.91 Å². The van der Waals surface area contributed by atoms with Crippen LogP contribution in [0.15, 0.2) is 36.5 Å². The highest BCUT2D eigenvalue weighted by molar-refractivity contribution is 6.03. The molecule has 1 aromatic carbocycles. The van der Waals surface area contributed by atoms with Gasteiger partial charge in [0.1, 0.15) is 11.9 Å². The zero-order valence-corrected chi connectivity index (χ0v) is 16.8. The van der Waals surface area contributed by atoms with Crippen LogP contribution < -0.4 is 15.1 Å². The largest absolute Gasteiger partial charge is 0.378 e. The van der Waals surface area contributed by atoms with E-state index in [1.54, 1.807) is 18.3 Å². The molecule has 9 heteroatoms. The van der Waals surface area contributed by atoms with Gasteiger partial charge in [-0.2, -0.15) is 10.2 Å². The van der Waals surface area contributed by atoms with E-state index in [1.165, 1.54) is 4.90 Å². The molecule has 0 saturated carbocycles. The van der Waals surface area contributed by atoms with Crippen LogP contribution in [0, 0.1) is 11.3 Å². The van der Waals surface area contributed by atoms with E-state index < -0.39 is 11.5 Å². The lowest BCUT2D eigenvalue weighted by Gasteiger charge is -2.28. The van der Waals surface area contributed by atoms with Crippen LogP contribution in [-0.2, 0) is 9.53 Å². The molecular weight excluding hydrogens is 384 g/mol. The molecule has 30 heavy (non-hydrogen) atoms. The van der Waals surface area contributed by atoms with Crippen LogP contribution in [-0.4, -0.2) is 58.9 Å². The summed E-state index contributed by atoms with van der Waals surface area (Å²) >= 11 is 0. The Morgan fingerprint density at radius 2 is 2.03 bits per heavy atom. The summed E-state index contributed by atoms with van der Waals surface area (Å²) in [5.74, 6) is 0.0542. The topological polar surface area (TPSA) is 115 Å². The minimum absolute atomic E-state index is 0.0641. The third kappa shape index (κ3) is 3.79. The highest BCUT2D eigenvalue weighted by atomic mass is 16.5. The fraction of sp³-hybridized carbons (Fsp3) is 0.429. The molecule has 2 aromatic rings. The number of hydrogen-bond donors (Lipinski definition) is 2. The summed E-state index contributed by atoms with van der Waals surface area (Å²) in [5, 5.41) is 22.7. The minimum atomic E-state index is -2.01. The smallest absolute Gasteiger partial charge is 0.275 e. The molecule has 2 aliphatic heterocycles. The number of amides is 1. The highest BCUT2D eigenvalue weighted by Crippen LogP contribution is 2.33. The van der Waals surface area contributed by atoms with Crippen LogP contribution in [0.5, 0.6) is 0 Å². The highest BCUT2D eigenvalue weighted by Gasteiger charge is 2.51. The van der Waals surface area contributed by atoms with E-state index in [9.17, 15) is 15.2 Å². The van der Waals surface area contributed by atoms with Gasteiger partial charge >= 0.3 is 0 Å². The van der Waals surface area contributed by atoms with Gasteiger partial charge in [0, 0.05) is 43.1 Å². The predicted octanol–water partition coefficient (Wildman–Crippen LogP) is 1.83. The Bertz CT molecular complexity index is 954. The van der Waals surface area contributed by atoms with Gasteiger partial charge in [-0.1, -0.05) is 6.92 Å². The summed E-state index contributed by atoms with van der Waals surface area (Å²) in [6.45, 7) is 5.11. The number of rotatable bonds is 5. The number of nitrogens with zero attached hydrogens (tertiary/aromatic N) is 5. The molecule has 0 radical (unpaired) electrons. The Balaban J connectivity index is 1.51. The first-order valence-electron chi connectivity index (χ1n) is 10.0. The van der Waals surface area contributed by atoms with Gasteiger partial charge in [-0.15, -0.1) is 0 Å². The van der Waals surface area contributed by atoms with E-state index in [4.69, 9.17) is 4.74 Å². The van der Waals surface area contributed by atoms with E-state index in [2.05, 4.69) is 20.2 Å². The second-order valence-corrected chi connectivity index (χ2v) is 7.42. The summed E-state index contributed by atoms with van der Waals surface area (Å²) < 4.78 is 5.39. The molecule has 2 saturated heterocycles. The third-order valence-electron chi connectivity index (χ3n) is 5.51. The lowest BCUT2D eigenvalue weighted by atomic mass is 10.0. The summed E-state index contributed by atoms with van der Waals surface area (Å²) in [5.41, 5.74) is -0.0607. The van der Waals surface area contributed by atoms with Crippen molar-refractivity contribution in [2.75, 3.05) is 41.4 Å². The Labute approximate surface area is 174 Å². The van der Waals surface area contributed by atoms with Gasteiger partial charge in [-0.05, 0) is 36.8 Å². The van der Waals surface area contributed by atoms with Gasteiger partial charge in [-0.3, -0.25) is 9.69 Å². The van der Waals surface area contributed by atoms with Crippen LogP contribution in [0.25, 0.3) is 0 Å². The standard InChI is InChI=1S/C21H24N6O3/c1-2-16-13-21(29,14-22)19(28)27(16)18-7-8-23-20(25-18)24-15-3-5-17(6-4-15)26-9-11-30-12-10-26/h3-8,16,29H,2,9-13H2,1H3,(H,23,24,25)/t16-,21+/m1/s1. The molecule has 0 aliphatic carbocycles. The summed E-state index contributed by atoms with van der Waals surface area (Å²) in [6.07, 6.45) is 2.22. The Morgan fingerprint density at radius 3 is 2.70 bits per heavy atom. The van der Waals surface area contributed by atoms with Crippen molar-refractivity contribution in [3.05, 3.63) is 36.5 Å². The Kier molecular flexibility index (Phi) is 5.53. The number of carbonyl (C=O) groups is 1. The van der Waals surface area contributed by atoms with Gasteiger partial charge in [0.15, 0.2) is 0 Å². The number of benzene rings is 1. The van der Waals surface area contributed by atoms with Crippen LogP contribution in [0.1, 0.15) is 19.8 Å². The van der Waals surface area contributed by atoms with Crippen LogP contribution in [0.3, 0.4) is 0 Å². The van der Waals surface area contributed by atoms with E-state index in [-0.39, 0.29) is 12.5 Å². The Hall–Kier alpha value is -3.22. The van der Waals surface area contributed by atoms with Gasteiger partial charge in [-0.25, -0.2) is 4.98 Å². The van der Waals surface area contributed by atoms with Crippen molar-refractivity contribution in [1.82, 2.24) is 9.97 Å². The van der Waals surface area contributed by atoms with E-state index in [0.717, 1.165) is 37.7 Å². The molecule has 2 N–H and O–H groups in total. The van der Waals surface area contributed by atoms with Gasteiger partial charge in [0.2, 0.25) is 11.5 Å². The number of ether oxygens (including phenoxy) is 1. The Morgan fingerprint density at radius 1 is 1.30 bits per heavy atom. The van der Waals surface area contributed by atoms with Crippen molar-refractivity contribution < 1.29 is 14.6 Å². The lowest BCUT2D eigenvalue weighted by molar-refractivity contribution is -0.128. The SMILES string of the molecule is CC[C@@H]1C[C@](O)(C#N)C(=O)N1c1ccnc(Nc2ccc(N3CCOCC3)cc2)n1. The maximum absolute atomic E-state index is 12.6. The molecule has 0 spiro atoms. The van der Waals surface area contributed by atoms with Crippen LogP contribution in [0.2, 0.25) is 0 Å². The molecule has 156 valence electrons. The molecule has 1 aromatic heterocycles. The van der Waals surface area contributed by atoms with Crippen molar-refractivity contribution in [3.8, 4) is 6.07 Å². The summed E-state index contributed by atoms with van der Waals surface area (Å²) in [6, 6.07) is 11.0. The summed E-state index contributed by atoms with van der Waals surface area (Å²) in [7, 11) is 0. The van der Waals surface area contributed by atoms with Crippen molar-refractivity contribution in [2.24, 2.45) is 0 Å². The normalized spacial score (nSPS) is 24.0. The number of nitrogens with one attached hydrogen (secondary N) is 1. The quantitative estimate of drug-likeness (QED) is 0.720. The van der Waals surface area contributed by atoms with Crippen molar-refractivity contribution >= 4 is 29.0 Å². The van der Waals surface area contributed by atoms with Crippen molar-refractivity contribution in [3.63, 3.8) is 0 Å².